The smallest absolute Gasteiger partial charge is 0.196 e. The molecule has 0 spiro atoms. The summed E-state index contributed by atoms with van der Waals surface area (Å²) in [6, 6.07) is 16.1. The second-order valence-corrected chi connectivity index (χ2v) is 8.97. The molecule has 204 valence electrons. The van der Waals surface area contributed by atoms with Crippen molar-refractivity contribution >= 4 is 17.5 Å². The lowest BCUT2D eigenvalue weighted by Crippen LogP contribution is -2.06. The number of thioether (sulfide) groups is 1. The molecule has 0 aliphatic carbocycles. The number of carbonyl (C=O) groups is 1. The predicted octanol–water partition coefficient (Wildman–Crippen LogP) is 4.96. The topological polar surface area (TPSA) is 103 Å². The van der Waals surface area contributed by atoms with Crippen molar-refractivity contribution in [3.05, 3.63) is 60.2 Å². The Morgan fingerprint density at radius 1 is 0.667 bits per heavy atom. The molecule has 0 bridgehead atoms. The minimum atomic E-state index is -0.101. The van der Waals surface area contributed by atoms with Gasteiger partial charge in [-0.05, 0) is 48.5 Å². The van der Waals surface area contributed by atoms with Gasteiger partial charge in [0.2, 0.25) is 0 Å². The first-order valence-electron chi connectivity index (χ1n) is 11.8. The molecule has 1 aromatic heterocycles. The van der Waals surface area contributed by atoms with Crippen LogP contribution in [0, 0.1) is 0 Å². The summed E-state index contributed by atoms with van der Waals surface area (Å²) in [6.07, 6.45) is 0. The summed E-state index contributed by atoms with van der Waals surface area (Å²) < 4.78 is 34.3. The number of ketones is 1. The van der Waals surface area contributed by atoms with Crippen LogP contribution in [-0.4, -0.2) is 69.0 Å². The molecule has 0 saturated heterocycles. The first-order valence-corrected chi connectivity index (χ1v) is 12.7. The molecular weight excluding hydrogens is 522 g/mol. The summed E-state index contributed by atoms with van der Waals surface area (Å²) in [6.45, 7) is 0. The number of methoxy groups -OCH3 is 6. The van der Waals surface area contributed by atoms with E-state index in [4.69, 9.17) is 28.4 Å². The molecule has 0 fully saturated rings. The molecule has 10 nitrogen and oxygen atoms in total. The van der Waals surface area contributed by atoms with E-state index < -0.39 is 0 Å². The molecule has 0 amide bonds. The van der Waals surface area contributed by atoms with E-state index in [1.54, 1.807) is 65.9 Å². The Labute approximate surface area is 230 Å². The molecule has 0 unspecified atom stereocenters. The highest BCUT2D eigenvalue weighted by Gasteiger charge is 2.21. The average Bonchev–Trinajstić information content (AvgIpc) is 3.42. The number of aromatic nitrogens is 3. The predicted molar refractivity (Wildman–Crippen MR) is 148 cm³/mol. The van der Waals surface area contributed by atoms with Crippen molar-refractivity contribution in [3.63, 3.8) is 0 Å². The summed E-state index contributed by atoms with van der Waals surface area (Å²) in [5, 5.41) is 9.41. The van der Waals surface area contributed by atoms with Crippen molar-refractivity contribution in [3.8, 4) is 51.6 Å². The van der Waals surface area contributed by atoms with Gasteiger partial charge in [0, 0.05) is 17.2 Å². The fraction of sp³-hybridized carbons (Fsp3) is 0.250. The number of hydrogen-bond donors (Lipinski definition) is 0. The molecule has 3 aromatic carbocycles. The lowest BCUT2D eigenvalue weighted by molar-refractivity contribution is 0.102. The standard InChI is InChI=1S/C28H29N3O7S/c1-33-21-10-7-17(13-24(21)36-4)20(32)16-39-28-30-29-27(18-8-11-22(34-2)25(14-18)37-5)31(28)19-9-12-23(35-3)26(15-19)38-6/h7-15H,16H2,1-6H3. The molecule has 0 radical (unpaired) electrons. The Bertz CT molecular complexity index is 1470. The lowest BCUT2D eigenvalue weighted by atomic mass is 10.1. The number of benzene rings is 3. The molecular formula is C28H29N3O7S. The van der Waals surface area contributed by atoms with E-state index in [0.29, 0.717) is 51.0 Å². The van der Waals surface area contributed by atoms with E-state index in [-0.39, 0.29) is 11.5 Å². The van der Waals surface area contributed by atoms with Gasteiger partial charge < -0.3 is 28.4 Å². The van der Waals surface area contributed by atoms with E-state index in [1.807, 2.05) is 28.8 Å². The van der Waals surface area contributed by atoms with Gasteiger partial charge in [-0.3, -0.25) is 9.36 Å². The van der Waals surface area contributed by atoms with E-state index >= 15 is 0 Å². The number of carbonyl (C=O) groups excluding carboxylic acids is 1. The van der Waals surface area contributed by atoms with E-state index in [9.17, 15) is 4.79 Å². The minimum Gasteiger partial charge on any atom is -0.493 e. The van der Waals surface area contributed by atoms with Gasteiger partial charge in [-0.15, -0.1) is 10.2 Å². The van der Waals surface area contributed by atoms with Gasteiger partial charge >= 0.3 is 0 Å². The molecule has 4 rings (SSSR count). The molecule has 4 aromatic rings. The first kappa shape index (κ1) is 27.6. The fourth-order valence-electron chi connectivity index (χ4n) is 3.95. The van der Waals surface area contributed by atoms with Crippen molar-refractivity contribution in [2.24, 2.45) is 0 Å². The summed E-state index contributed by atoms with van der Waals surface area (Å²) in [7, 11) is 9.37. The maximum atomic E-state index is 13.1. The van der Waals surface area contributed by atoms with E-state index in [2.05, 4.69) is 10.2 Å². The Morgan fingerprint density at radius 2 is 1.21 bits per heavy atom. The zero-order valence-electron chi connectivity index (χ0n) is 22.5. The normalized spacial score (nSPS) is 10.6. The van der Waals surface area contributed by atoms with Crippen molar-refractivity contribution in [2.45, 2.75) is 5.16 Å². The highest BCUT2D eigenvalue weighted by Crippen LogP contribution is 2.37. The van der Waals surface area contributed by atoms with Crippen LogP contribution in [0.2, 0.25) is 0 Å². The van der Waals surface area contributed by atoms with Gasteiger partial charge in [-0.2, -0.15) is 0 Å². The van der Waals surface area contributed by atoms with Gasteiger partial charge in [0.25, 0.3) is 0 Å². The van der Waals surface area contributed by atoms with E-state index in [0.717, 1.165) is 11.3 Å². The van der Waals surface area contributed by atoms with Crippen molar-refractivity contribution in [2.75, 3.05) is 48.4 Å². The lowest BCUT2D eigenvalue weighted by Gasteiger charge is -2.14. The third kappa shape index (κ3) is 5.73. The molecule has 0 atom stereocenters. The summed E-state index contributed by atoms with van der Waals surface area (Å²) in [5.74, 6) is 3.86. The number of ether oxygens (including phenoxy) is 6. The zero-order chi connectivity index (χ0) is 27.9. The Kier molecular flexibility index (Phi) is 8.82. The Morgan fingerprint density at radius 3 is 1.82 bits per heavy atom. The molecule has 0 aliphatic rings. The minimum absolute atomic E-state index is 0.101. The van der Waals surface area contributed by atoms with Crippen molar-refractivity contribution < 1.29 is 33.2 Å². The number of hydrogen-bond acceptors (Lipinski definition) is 10. The van der Waals surface area contributed by atoms with Crippen molar-refractivity contribution in [1.82, 2.24) is 14.8 Å². The quantitative estimate of drug-likeness (QED) is 0.177. The maximum Gasteiger partial charge on any atom is 0.196 e. The SMILES string of the molecule is COc1ccc(C(=O)CSc2nnc(-c3ccc(OC)c(OC)c3)n2-c2ccc(OC)c(OC)c2)cc1OC. The van der Waals surface area contributed by atoms with Crippen molar-refractivity contribution in [1.29, 1.82) is 0 Å². The van der Waals surface area contributed by atoms with Crippen LogP contribution in [0.1, 0.15) is 10.4 Å². The summed E-state index contributed by atoms with van der Waals surface area (Å²) in [4.78, 5) is 13.1. The number of nitrogens with zero attached hydrogens (tertiary/aromatic N) is 3. The zero-order valence-corrected chi connectivity index (χ0v) is 23.3. The van der Waals surface area contributed by atoms with Crippen LogP contribution in [-0.2, 0) is 0 Å². The second-order valence-electron chi connectivity index (χ2n) is 8.03. The highest BCUT2D eigenvalue weighted by molar-refractivity contribution is 7.99. The monoisotopic (exact) mass is 551 g/mol. The van der Waals surface area contributed by atoms with Crippen LogP contribution in [0.5, 0.6) is 34.5 Å². The second kappa shape index (κ2) is 12.4. The summed E-state index contributed by atoms with van der Waals surface area (Å²) >= 11 is 1.26. The third-order valence-corrected chi connectivity index (χ3v) is 6.87. The molecule has 0 N–H and O–H groups in total. The third-order valence-electron chi connectivity index (χ3n) is 5.94. The number of rotatable bonds is 12. The molecule has 0 aliphatic heterocycles. The van der Waals surface area contributed by atoms with Crippen LogP contribution in [0.25, 0.3) is 17.1 Å². The Balaban J connectivity index is 1.74. The number of Topliss-reactive ketones (excluding diaryl/α,β-unsaturated/α-hetero) is 1. The molecule has 11 heteroatoms. The van der Waals surface area contributed by atoms with Gasteiger partial charge in [0.05, 0.1) is 54.1 Å². The fourth-order valence-corrected chi connectivity index (χ4v) is 4.79. The summed E-state index contributed by atoms with van der Waals surface area (Å²) in [5.41, 5.74) is 1.97. The van der Waals surface area contributed by atoms with Crippen LogP contribution >= 0.6 is 11.8 Å². The van der Waals surface area contributed by atoms with Crippen LogP contribution in [0.3, 0.4) is 0 Å². The van der Waals surface area contributed by atoms with Crippen LogP contribution < -0.4 is 28.4 Å². The van der Waals surface area contributed by atoms with Crippen LogP contribution in [0.4, 0.5) is 0 Å². The first-order chi connectivity index (χ1) is 19.0. The van der Waals surface area contributed by atoms with E-state index in [1.165, 1.54) is 18.9 Å². The largest absolute Gasteiger partial charge is 0.493 e. The van der Waals surface area contributed by atoms with Gasteiger partial charge in [0.1, 0.15) is 0 Å². The molecule has 0 saturated carbocycles. The molecule has 39 heavy (non-hydrogen) atoms. The van der Waals surface area contributed by atoms with Gasteiger partial charge in [-0.25, -0.2) is 0 Å². The maximum absolute atomic E-state index is 13.1. The van der Waals surface area contributed by atoms with Gasteiger partial charge in [-0.1, -0.05) is 11.8 Å². The molecule has 1 heterocycles. The Hall–Kier alpha value is -4.38. The highest BCUT2D eigenvalue weighted by atomic mass is 32.2. The average molecular weight is 552 g/mol. The van der Waals surface area contributed by atoms with Gasteiger partial charge in [0.15, 0.2) is 51.3 Å². The van der Waals surface area contributed by atoms with Crippen LogP contribution in [0.15, 0.2) is 59.8 Å².